The molecule has 0 aliphatic rings. The second-order valence-corrected chi connectivity index (χ2v) is 8.47. The minimum Gasteiger partial charge on any atom is -0.342 e. The van der Waals surface area contributed by atoms with E-state index >= 15 is 0 Å². The quantitative estimate of drug-likeness (QED) is 0.350. The first-order valence-corrected chi connectivity index (χ1v) is 10.9. The summed E-state index contributed by atoms with van der Waals surface area (Å²) in [6, 6.07) is 14.3. The second-order valence-electron chi connectivity index (χ2n) is 7.41. The van der Waals surface area contributed by atoms with Gasteiger partial charge in [0.2, 0.25) is 0 Å². The zero-order valence-electron chi connectivity index (χ0n) is 17.2. The van der Waals surface area contributed by atoms with E-state index in [0.717, 1.165) is 31.8 Å². The van der Waals surface area contributed by atoms with Crippen molar-refractivity contribution in [2.45, 2.75) is 19.4 Å². The Kier molecular flexibility index (Phi) is 5.27. The standard InChI is InChI=1S/C24H19FN6S/c1-14(26)6-8-17-12-21-23(32-17)24(28-13-27-21)29-16-7-9-19-20(11-16)31-22(30-19)10-15-4-2-3-5-18(15)25/h2-5,7,9,11-14H,10,26H2,1H3,(H,30,31)(H,27,28,29)/t14-/m1/s1. The molecular formula is C24H19FN6S. The van der Waals surface area contributed by atoms with E-state index in [-0.39, 0.29) is 11.9 Å². The Bertz CT molecular complexity index is 1490. The number of benzene rings is 2. The van der Waals surface area contributed by atoms with Gasteiger partial charge < -0.3 is 16.0 Å². The molecule has 0 amide bonds. The number of aromatic nitrogens is 4. The van der Waals surface area contributed by atoms with E-state index in [1.54, 1.807) is 12.1 Å². The number of nitrogens with one attached hydrogen (secondary N) is 2. The molecule has 2 aromatic carbocycles. The molecule has 8 heteroatoms. The molecule has 0 aliphatic heterocycles. The van der Waals surface area contributed by atoms with Crippen LogP contribution in [0.15, 0.2) is 54.9 Å². The van der Waals surface area contributed by atoms with Crippen LogP contribution in [-0.2, 0) is 6.42 Å². The number of anilines is 2. The molecule has 0 aliphatic carbocycles. The number of thiophene rings is 1. The van der Waals surface area contributed by atoms with Crippen molar-refractivity contribution >= 4 is 44.1 Å². The number of nitrogens with zero attached hydrogens (tertiary/aromatic N) is 3. The topological polar surface area (TPSA) is 92.5 Å². The number of nitrogens with two attached hydrogens (primary N) is 1. The summed E-state index contributed by atoms with van der Waals surface area (Å²) in [4.78, 5) is 17.5. The zero-order chi connectivity index (χ0) is 22.1. The molecule has 6 nitrogen and oxygen atoms in total. The summed E-state index contributed by atoms with van der Waals surface area (Å²) in [5.41, 5.74) is 9.69. The van der Waals surface area contributed by atoms with Crippen LogP contribution in [0.3, 0.4) is 0 Å². The molecule has 32 heavy (non-hydrogen) atoms. The number of rotatable bonds is 4. The van der Waals surface area contributed by atoms with E-state index in [1.807, 2.05) is 37.3 Å². The summed E-state index contributed by atoms with van der Waals surface area (Å²) in [5, 5.41) is 3.36. The number of imidazole rings is 1. The first-order valence-electron chi connectivity index (χ1n) is 10.1. The van der Waals surface area contributed by atoms with Crippen molar-refractivity contribution in [1.29, 1.82) is 0 Å². The third-order valence-corrected chi connectivity index (χ3v) is 5.89. The molecule has 3 heterocycles. The molecule has 0 spiro atoms. The highest BCUT2D eigenvalue weighted by Gasteiger charge is 2.11. The Hall–Kier alpha value is -3.80. The molecule has 0 bridgehead atoms. The number of halogens is 1. The van der Waals surface area contributed by atoms with Gasteiger partial charge in [0.25, 0.3) is 0 Å². The van der Waals surface area contributed by atoms with Crippen molar-refractivity contribution in [1.82, 2.24) is 19.9 Å². The molecule has 0 saturated carbocycles. The molecule has 0 fully saturated rings. The predicted molar refractivity (Wildman–Crippen MR) is 127 cm³/mol. The minimum atomic E-state index is -0.232. The van der Waals surface area contributed by atoms with Crippen LogP contribution in [-0.4, -0.2) is 26.0 Å². The van der Waals surface area contributed by atoms with Gasteiger partial charge in [0.15, 0.2) is 5.82 Å². The van der Waals surface area contributed by atoms with Crippen molar-refractivity contribution in [3.8, 4) is 11.8 Å². The third-order valence-electron chi connectivity index (χ3n) is 4.84. The monoisotopic (exact) mass is 442 g/mol. The maximum absolute atomic E-state index is 14.0. The van der Waals surface area contributed by atoms with E-state index in [0.29, 0.717) is 23.6 Å². The summed E-state index contributed by atoms with van der Waals surface area (Å²) in [5.74, 6) is 7.23. The van der Waals surface area contributed by atoms with E-state index in [4.69, 9.17) is 5.73 Å². The molecule has 0 radical (unpaired) electrons. The maximum Gasteiger partial charge on any atom is 0.151 e. The fourth-order valence-corrected chi connectivity index (χ4v) is 4.29. The molecule has 0 unspecified atom stereocenters. The van der Waals surface area contributed by atoms with Crippen molar-refractivity contribution in [3.63, 3.8) is 0 Å². The van der Waals surface area contributed by atoms with Gasteiger partial charge in [-0.3, -0.25) is 0 Å². The SMILES string of the molecule is C[C@@H](N)C#Cc1cc2ncnc(Nc3ccc4[nH]c(Cc5ccccc5F)nc4c3)c2s1. The Morgan fingerprint density at radius 3 is 2.88 bits per heavy atom. The van der Waals surface area contributed by atoms with Crippen LogP contribution in [0.2, 0.25) is 0 Å². The fourth-order valence-electron chi connectivity index (χ4n) is 3.37. The molecule has 5 rings (SSSR count). The predicted octanol–water partition coefficient (Wildman–Crippen LogP) is 4.74. The lowest BCUT2D eigenvalue weighted by Crippen LogP contribution is -2.10. The lowest BCUT2D eigenvalue weighted by molar-refractivity contribution is 0.612. The van der Waals surface area contributed by atoms with Crippen molar-refractivity contribution in [2.75, 3.05) is 5.32 Å². The Morgan fingerprint density at radius 2 is 2.03 bits per heavy atom. The van der Waals surface area contributed by atoms with Gasteiger partial charge in [0, 0.05) is 12.1 Å². The van der Waals surface area contributed by atoms with Crippen molar-refractivity contribution in [3.05, 3.63) is 76.9 Å². The number of hydrogen-bond donors (Lipinski definition) is 3. The maximum atomic E-state index is 14.0. The van der Waals surface area contributed by atoms with Gasteiger partial charge >= 0.3 is 0 Å². The molecule has 5 aromatic rings. The Labute approximate surface area is 187 Å². The van der Waals surface area contributed by atoms with Crippen LogP contribution < -0.4 is 11.1 Å². The van der Waals surface area contributed by atoms with Crippen LogP contribution in [0.5, 0.6) is 0 Å². The number of fused-ring (bicyclic) bond motifs is 2. The highest BCUT2D eigenvalue weighted by molar-refractivity contribution is 7.20. The smallest absolute Gasteiger partial charge is 0.151 e. The largest absolute Gasteiger partial charge is 0.342 e. The van der Waals surface area contributed by atoms with Gasteiger partial charge in [-0.1, -0.05) is 30.0 Å². The van der Waals surface area contributed by atoms with E-state index < -0.39 is 0 Å². The summed E-state index contributed by atoms with van der Waals surface area (Å²) in [6.45, 7) is 1.85. The summed E-state index contributed by atoms with van der Waals surface area (Å²) < 4.78 is 14.9. The first kappa shape index (κ1) is 20.1. The Morgan fingerprint density at radius 1 is 1.16 bits per heavy atom. The van der Waals surface area contributed by atoms with Gasteiger partial charge in [-0.05, 0) is 42.8 Å². The number of aromatic amines is 1. The third kappa shape index (κ3) is 4.17. The molecular weight excluding hydrogens is 423 g/mol. The van der Waals surface area contributed by atoms with Crippen LogP contribution in [0, 0.1) is 17.7 Å². The number of hydrogen-bond acceptors (Lipinski definition) is 6. The molecule has 1 atom stereocenters. The summed E-state index contributed by atoms with van der Waals surface area (Å²) >= 11 is 1.52. The lowest BCUT2D eigenvalue weighted by atomic mass is 10.1. The van der Waals surface area contributed by atoms with Gasteiger partial charge in [-0.2, -0.15) is 0 Å². The van der Waals surface area contributed by atoms with Crippen LogP contribution >= 0.6 is 11.3 Å². The van der Waals surface area contributed by atoms with Crippen LogP contribution in [0.1, 0.15) is 23.2 Å². The van der Waals surface area contributed by atoms with Crippen molar-refractivity contribution < 1.29 is 4.39 Å². The van der Waals surface area contributed by atoms with Gasteiger partial charge in [-0.15, -0.1) is 11.3 Å². The van der Waals surface area contributed by atoms with Gasteiger partial charge in [0.05, 0.1) is 32.2 Å². The van der Waals surface area contributed by atoms with Gasteiger partial charge in [0.1, 0.15) is 18.0 Å². The van der Waals surface area contributed by atoms with Crippen LogP contribution in [0.4, 0.5) is 15.9 Å². The lowest BCUT2D eigenvalue weighted by Gasteiger charge is -2.05. The molecule has 4 N–H and O–H groups in total. The first-order chi connectivity index (χ1) is 15.5. The van der Waals surface area contributed by atoms with Crippen molar-refractivity contribution in [2.24, 2.45) is 5.73 Å². The summed E-state index contributed by atoms with van der Waals surface area (Å²) in [7, 11) is 0. The molecule has 3 aromatic heterocycles. The number of H-pyrrole nitrogens is 1. The molecule has 0 saturated heterocycles. The van der Waals surface area contributed by atoms with Crippen LogP contribution in [0.25, 0.3) is 21.3 Å². The van der Waals surface area contributed by atoms with Gasteiger partial charge in [-0.25, -0.2) is 19.3 Å². The highest BCUT2D eigenvalue weighted by atomic mass is 32.1. The average Bonchev–Trinajstić information content (AvgIpc) is 3.37. The second kappa shape index (κ2) is 8.38. The molecule has 158 valence electrons. The normalized spacial score (nSPS) is 12.0. The zero-order valence-corrected chi connectivity index (χ0v) is 18.0. The van der Waals surface area contributed by atoms with E-state index in [9.17, 15) is 4.39 Å². The summed E-state index contributed by atoms with van der Waals surface area (Å²) in [6.07, 6.45) is 1.93. The highest BCUT2D eigenvalue weighted by Crippen LogP contribution is 2.31. The van der Waals surface area contributed by atoms with E-state index in [1.165, 1.54) is 23.7 Å². The Balaban J connectivity index is 1.42. The average molecular weight is 443 g/mol. The minimum absolute atomic E-state index is 0.187. The van der Waals surface area contributed by atoms with E-state index in [2.05, 4.69) is 37.1 Å². The fraction of sp³-hybridized carbons (Fsp3) is 0.125.